The van der Waals surface area contributed by atoms with Gasteiger partial charge in [0, 0.05) is 16.9 Å². The van der Waals surface area contributed by atoms with Gasteiger partial charge in [-0.15, -0.1) is 0 Å². The van der Waals surface area contributed by atoms with Crippen molar-refractivity contribution >= 4 is 11.4 Å². The molecule has 0 aliphatic heterocycles. The van der Waals surface area contributed by atoms with E-state index in [1.54, 1.807) is 6.20 Å². The minimum absolute atomic E-state index is 0.781. The Morgan fingerprint density at radius 3 is 2.24 bits per heavy atom. The van der Waals surface area contributed by atoms with Crippen LogP contribution in [0.3, 0.4) is 0 Å². The number of anilines is 2. The predicted molar refractivity (Wildman–Crippen MR) is 102 cm³/mol. The topological polar surface area (TPSA) is 38.1 Å². The van der Waals surface area contributed by atoms with Crippen molar-refractivity contribution in [3.63, 3.8) is 0 Å². The Bertz CT molecular complexity index is 959. The number of rotatable bonds is 4. The molecule has 3 aromatic carbocycles. The van der Waals surface area contributed by atoms with Gasteiger partial charge in [-0.05, 0) is 53.9 Å². The lowest BCUT2D eigenvalue weighted by molar-refractivity contribution is 0.572. The molecular weight excluding hydrogens is 308 g/mol. The summed E-state index contributed by atoms with van der Waals surface area (Å²) < 4.78 is 5.41. The lowest BCUT2D eigenvalue weighted by Crippen LogP contribution is -1.90. The van der Waals surface area contributed by atoms with Crippen LogP contribution in [0.2, 0.25) is 0 Å². The van der Waals surface area contributed by atoms with E-state index in [9.17, 15) is 0 Å². The molecule has 0 aliphatic carbocycles. The van der Waals surface area contributed by atoms with Gasteiger partial charge in [-0.1, -0.05) is 42.5 Å². The minimum Gasteiger partial charge on any atom is -0.444 e. The summed E-state index contributed by atoms with van der Waals surface area (Å²) in [6.45, 7) is 2.12. The number of benzene rings is 3. The highest BCUT2D eigenvalue weighted by Gasteiger charge is 2.07. The molecule has 0 saturated heterocycles. The number of para-hydroxylation sites is 1. The van der Waals surface area contributed by atoms with Crippen LogP contribution in [-0.4, -0.2) is 4.98 Å². The highest BCUT2D eigenvalue weighted by Crippen LogP contribution is 2.30. The van der Waals surface area contributed by atoms with Crippen molar-refractivity contribution in [2.75, 3.05) is 5.32 Å². The van der Waals surface area contributed by atoms with Crippen molar-refractivity contribution in [2.24, 2.45) is 0 Å². The van der Waals surface area contributed by atoms with Crippen molar-refractivity contribution in [3.8, 4) is 22.5 Å². The third kappa shape index (κ3) is 3.31. The SMILES string of the molecule is Cc1ccc(-c2cnco2)cc1-c1ccc(Nc2ccccc2)cc1. The van der Waals surface area contributed by atoms with E-state index in [2.05, 4.69) is 71.8 Å². The maximum atomic E-state index is 5.41. The summed E-state index contributed by atoms with van der Waals surface area (Å²) in [5.41, 5.74) is 6.78. The van der Waals surface area contributed by atoms with Crippen molar-refractivity contribution in [1.29, 1.82) is 0 Å². The second-order valence-corrected chi connectivity index (χ2v) is 5.96. The van der Waals surface area contributed by atoms with E-state index in [0.29, 0.717) is 0 Å². The molecule has 1 N–H and O–H groups in total. The Morgan fingerprint density at radius 2 is 1.52 bits per heavy atom. The lowest BCUT2D eigenvalue weighted by Gasteiger charge is -2.10. The summed E-state index contributed by atoms with van der Waals surface area (Å²) in [5.74, 6) is 0.781. The fourth-order valence-electron chi connectivity index (χ4n) is 2.87. The number of oxazole rings is 1. The zero-order valence-electron chi connectivity index (χ0n) is 13.9. The molecule has 0 fully saturated rings. The maximum Gasteiger partial charge on any atom is 0.181 e. The van der Waals surface area contributed by atoms with Crippen molar-refractivity contribution in [1.82, 2.24) is 4.98 Å². The molecule has 0 aliphatic rings. The van der Waals surface area contributed by atoms with Gasteiger partial charge in [-0.3, -0.25) is 0 Å². The van der Waals surface area contributed by atoms with E-state index in [0.717, 1.165) is 22.7 Å². The first-order chi connectivity index (χ1) is 12.3. The molecular formula is C22H18N2O. The Labute approximate surface area is 147 Å². The number of hydrogen-bond acceptors (Lipinski definition) is 3. The Hall–Kier alpha value is -3.33. The van der Waals surface area contributed by atoms with Gasteiger partial charge in [-0.2, -0.15) is 0 Å². The van der Waals surface area contributed by atoms with E-state index in [-0.39, 0.29) is 0 Å². The number of hydrogen-bond donors (Lipinski definition) is 1. The highest BCUT2D eigenvalue weighted by atomic mass is 16.3. The van der Waals surface area contributed by atoms with Crippen molar-refractivity contribution < 1.29 is 4.42 Å². The summed E-state index contributed by atoms with van der Waals surface area (Å²) in [5, 5.41) is 3.41. The van der Waals surface area contributed by atoms with Crippen LogP contribution in [0.1, 0.15) is 5.56 Å². The maximum absolute atomic E-state index is 5.41. The van der Waals surface area contributed by atoms with Gasteiger partial charge < -0.3 is 9.73 Å². The lowest BCUT2D eigenvalue weighted by atomic mass is 9.97. The summed E-state index contributed by atoms with van der Waals surface area (Å²) in [7, 11) is 0. The molecule has 122 valence electrons. The van der Waals surface area contributed by atoms with Gasteiger partial charge in [0.15, 0.2) is 12.2 Å². The molecule has 0 atom stereocenters. The molecule has 4 aromatic rings. The second-order valence-electron chi connectivity index (χ2n) is 5.96. The molecule has 0 radical (unpaired) electrons. The molecule has 3 nitrogen and oxygen atoms in total. The summed E-state index contributed by atoms with van der Waals surface area (Å²) in [6.07, 6.45) is 3.19. The van der Waals surface area contributed by atoms with Crippen LogP contribution in [0.4, 0.5) is 11.4 Å². The van der Waals surface area contributed by atoms with Crippen LogP contribution in [-0.2, 0) is 0 Å². The largest absolute Gasteiger partial charge is 0.444 e. The number of nitrogens with one attached hydrogen (secondary N) is 1. The van der Waals surface area contributed by atoms with E-state index < -0.39 is 0 Å². The van der Waals surface area contributed by atoms with E-state index in [1.165, 1.54) is 23.1 Å². The third-order valence-corrected chi connectivity index (χ3v) is 4.21. The van der Waals surface area contributed by atoms with Gasteiger partial charge >= 0.3 is 0 Å². The van der Waals surface area contributed by atoms with Gasteiger partial charge in [0.1, 0.15) is 0 Å². The Balaban J connectivity index is 1.63. The van der Waals surface area contributed by atoms with Crippen molar-refractivity contribution in [2.45, 2.75) is 6.92 Å². The normalized spacial score (nSPS) is 10.6. The van der Waals surface area contributed by atoms with Crippen LogP contribution in [0.25, 0.3) is 22.5 Å². The van der Waals surface area contributed by atoms with Crippen LogP contribution < -0.4 is 5.32 Å². The molecule has 3 heteroatoms. The minimum atomic E-state index is 0.781. The summed E-state index contributed by atoms with van der Waals surface area (Å²) in [6, 6.07) is 25.0. The summed E-state index contributed by atoms with van der Waals surface area (Å²) in [4.78, 5) is 4.00. The zero-order valence-corrected chi connectivity index (χ0v) is 13.9. The molecule has 0 unspecified atom stereocenters. The standard InChI is InChI=1S/C22H18N2O/c1-16-7-8-18(22-14-23-15-25-22)13-21(16)17-9-11-20(12-10-17)24-19-5-3-2-4-6-19/h2-15,24H,1H3. The Morgan fingerprint density at radius 1 is 0.800 bits per heavy atom. The first kappa shape index (κ1) is 15.2. The predicted octanol–water partition coefficient (Wildman–Crippen LogP) is 6.06. The van der Waals surface area contributed by atoms with Gasteiger partial charge in [0.25, 0.3) is 0 Å². The first-order valence-electron chi connectivity index (χ1n) is 8.21. The molecule has 1 heterocycles. The molecule has 0 amide bonds. The van der Waals surface area contributed by atoms with Gasteiger partial charge in [0.05, 0.1) is 6.20 Å². The zero-order chi connectivity index (χ0) is 17.1. The van der Waals surface area contributed by atoms with Gasteiger partial charge in [0.2, 0.25) is 0 Å². The molecule has 0 spiro atoms. The van der Waals surface area contributed by atoms with E-state index >= 15 is 0 Å². The number of nitrogens with zero attached hydrogens (tertiary/aromatic N) is 1. The van der Waals surface area contributed by atoms with Crippen LogP contribution in [0.5, 0.6) is 0 Å². The third-order valence-electron chi connectivity index (χ3n) is 4.21. The molecule has 0 saturated carbocycles. The average molecular weight is 326 g/mol. The van der Waals surface area contributed by atoms with Crippen LogP contribution >= 0.6 is 0 Å². The molecule has 4 rings (SSSR count). The summed E-state index contributed by atoms with van der Waals surface area (Å²) >= 11 is 0. The monoisotopic (exact) mass is 326 g/mol. The quantitative estimate of drug-likeness (QED) is 0.495. The highest BCUT2D eigenvalue weighted by molar-refractivity contribution is 5.75. The van der Waals surface area contributed by atoms with Crippen molar-refractivity contribution in [3.05, 3.63) is 91.0 Å². The fraction of sp³-hybridized carbons (Fsp3) is 0.0455. The van der Waals surface area contributed by atoms with Gasteiger partial charge in [-0.25, -0.2) is 4.98 Å². The number of aromatic nitrogens is 1. The van der Waals surface area contributed by atoms with E-state index in [4.69, 9.17) is 4.42 Å². The fourth-order valence-corrected chi connectivity index (χ4v) is 2.87. The van der Waals surface area contributed by atoms with E-state index in [1.807, 2.05) is 18.2 Å². The molecule has 25 heavy (non-hydrogen) atoms. The van der Waals surface area contributed by atoms with Crippen LogP contribution in [0, 0.1) is 6.92 Å². The first-order valence-corrected chi connectivity index (χ1v) is 8.21. The average Bonchev–Trinajstić information content (AvgIpc) is 3.19. The number of aryl methyl sites for hydroxylation is 1. The second kappa shape index (κ2) is 6.65. The smallest absolute Gasteiger partial charge is 0.181 e. The molecule has 1 aromatic heterocycles. The Kier molecular flexibility index (Phi) is 4.05. The van der Waals surface area contributed by atoms with Crippen LogP contribution in [0.15, 0.2) is 89.8 Å². The molecule has 0 bridgehead atoms.